The van der Waals surface area contributed by atoms with Gasteiger partial charge in [0.2, 0.25) is 0 Å². The fraction of sp³-hybridized carbons (Fsp3) is 0.692. The predicted molar refractivity (Wildman–Crippen MR) is 75.8 cm³/mol. The number of hydrogen-bond donors (Lipinski definition) is 1. The normalized spacial score (nSPS) is 15.6. The number of hydrogen-bond acceptors (Lipinski definition) is 4. The summed E-state index contributed by atoms with van der Waals surface area (Å²) in [6, 6.07) is 0. The van der Waals surface area contributed by atoms with Crippen molar-refractivity contribution in [2.24, 2.45) is 5.92 Å². The molecule has 0 spiro atoms. The second-order valence-corrected chi connectivity index (χ2v) is 6.02. The summed E-state index contributed by atoms with van der Waals surface area (Å²) in [5, 5.41) is 7.51. The van der Waals surface area contributed by atoms with Crippen LogP contribution in [0.25, 0.3) is 0 Å². The molecule has 1 N–H and O–H groups in total. The van der Waals surface area contributed by atoms with Crippen molar-refractivity contribution in [3.63, 3.8) is 0 Å². The second kappa shape index (κ2) is 5.51. The molecule has 106 valence electrons. The summed E-state index contributed by atoms with van der Waals surface area (Å²) in [5.41, 5.74) is -0.117. The highest BCUT2D eigenvalue weighted by molar-refractivity contribution is 6.32. The number of halogens is 1. The Balaban J connectivity index is 2.16. The summed E-state index contributed by atoms with van der Waals surface area (Å²) in [7, 11) is 1.64. The predicted octanol–water partition coefficient (Wildman–Crippen LogP) is 2.14. The van der Waals surface area contributed by atoms with Crippen molar-refractivity contribution < 1.29 is 4.74 Å². The summed E-state index contributed by atoms with van der Waals surface area (Å²) in [4.78, 5) is 12.3. The zero-order chi connectivity index (χ0) is 14.0. The average Bonchev–Trinajstić information content (AvgIpc) is 3.16. The zero-order valence-electron chi connectivity index (χ0n) is 11.6. The molecule has 0 saturated heterocycles. The summed E-state index contributed by atoms with van der Waals surface area (Å²) < 4.78 is 6.81. The molecule has 0 aromatic carbocycles. The lowest BCUT2D eigenvalue weighted by molar-refractivity contribution is 0.0343. The number of anilines is 1. The van der Waals surface area contributed by atoms with E-state index in [1.54, 1.807) is 7.11 Å². The van der Waals surface area contributed by atoms with Gasteiger partial charge in [-0.15, -0.1) is 0 Å². The molecule has 19 heavy (non-hydrogen) atoms. The molecule has 0 radical (unpaired) electrons. The molecule has 6 heteroatoms. The van der Waals surface area contributed by atoms with Gasteiger partial charge in [-0.25, -0.2) is 4.68 Å². The number of nitrogens with zero attached hydrogens (tertiary/aromatic N) is 2. The van der Waals surface area contributed by atoms with Gasteiger partial charge in [-0.1, -0.05) is 11.6 Å². The smallest absolute Gasteiger partial charge is 0.291 e. The third-order valence-electron chi connectivity index (χ3n) is 3.37. The van der Waals surface area contributed by atoms with E-state index < -0.39 is 0 Å². The van der Waals surface area contributed by atoms with Gasteiger partial charge < -0.3 is 10.1 Å². The van der Waals surface area contributed by atoms with E-state index in [0.717, 1.165) is 0 Å². The van der Waals surface area contributed by atoms with E-state index in [0.29, 0.717) is 29.7 Å². The van der Waals surface area contributed by atoms with E-state index in [9.17, 15) is 4.79 Å². The molecular formula is C13H20ClN3O2. The van der Waals surface area contributed by atoms with Crippen LogP contribution in [0.15, 0.2) is 11.0 Å². The van der Waals surface area contributed by atoms with Crippen LogP contribution in [-0.4, -0.2) is 29.0 Å². The standard InChI is InChI=1S/C13H20ClN3O2/c1-13(2,19-3)8-15-11-10(14)6-16-17(12(11)18)7-9-4-5-9/h6,9,15H,4-5,7-8H2,1-3H3. The molecule has 2 rings (SSSR count). The van der Waals surface area contributed by atoms with Gasteiger partial charge in [-0.2, -0.15) is 5.10 Å². The maximum absolute atomic E-state index is 12.3. The van der Waals surface area contributed by atoms with E-state index in [4.69, 9.17) is 16.3 Å². The Morgan fingerprint density at radius 2 is 2.26 bits per heavy atom. The number of rotatable bonds is 6. The number of aromatic nitrogens is 2. The van der Waals surface area contributed by atoms with Crippen LogP contribution in [0.5, 0.6) is 0 Å². The largest absolute Gasteiger partial charge is 0.377 e. The molecule has 1 heterocycles. The van der Waals surface area contributed by atoms with Crippen LogP contribution >= 0.6 is 11.6 Å². The lowest BCUT2D eigenvalue weighted by atomic mass is 10.1. The first-order valence-electron chi connectivity index (χ1n) is 6.47. The summed E-state index contributed by atoms with van der Waals surface area (Å²) in [6.07, 6.45) is 3.87. The van der Waals surface area contributed by atoms with Crippen molar-refractivity contribution in [3.8, 4) is 0 Å². The minimum Gasteiger partial charge on any atom is -0.377 e. The van der Waals surface area contributed by atoms with Gasteiger partial charge in [0, 0.05) is 20.2 Å². The molecule has 0 unspecified atom stereocenters. The molecule has 0 amide bonds. The van der Waals surface area contributed by atoms with Gasteiger partial charge in [0.05, 0.1) is 16.8 Å². The van der Waals surface area contributed by atoms with Crippen LogP contribution in [0.3, 0.4) is 0 Å². The lowest BCUT2D eigenvalue weighted by Crippen LogP contribution is -2.35. The molecule has 0 atom stereocenters. The highest BCUT2D eigenvalue weighted by Crippen LogP contribution is 2.30. The first kappa shape index (κ1) is 14.3. The Labute approximate surface area is 117 Å². The first-order valence-corrected chi connectivity index (χ1v) is 6.85. The highest BCUT2D eigenvalue weighted by atomic mass is 35.5. The molecule has 1 saturated carbocycles. The van der Waals surface area contributed by atoms with E-state index in [2.05, 4.69) is 10.4 Å². The quantitative estimate of drug-likeness (QED) is 0.870. The maximum atomic E-state index is 12.3. The molecule has 0 bridgehead atoms. The Hall–Kier alpha value is -1.07. The van der Waals surface area contributed by atoms with Gasteiger partial charge in [0.1, 0.15) is 5.69 Å². The van der Waals surface area contributed by atoms with E-state index in [-0.39, 0.29) is 11.2 Å². The molecule has 1 aliphatic rings. The second-order valence-electron chi connectivity index (χ2n) is 5.62. The number of nitrogens with one attached hydrogen (secondary N) is 1. The molecule has 5 nitrogen and oxygen atoms in total. The topological polar surface area (TPSA) is 56.1 Å². The van der Waals surface area contributed by atoms with E-state index in [1.165, 1.54) is 23.7 Å². The van der Waals surface area contributed by atoms with Crippen LogP contribution in [0, 0.1) is 5.92 Å². The average molecular weight is 286 g/mol. The van der Waals surface area contributed by atoms with Gasteiger partial charge in [0.25, 0.3) is 5.56 Å². The molecule has 1 aromatic rings. The summed E-state index contributed by atoms with van der Waals surface area (Å²) >= 11 is 6.05. The van der Waals surface area contributed by atoms with E-state index >= 15 is 0 Å². The first-order chi connectivity index (χ1) is 8.93. The third kappa shape index (κ3) is 3.70. The van der Waals surface area contributed by atoms with Crippen molar-refractivity contribution >= 4 is 17.3 Å². The van der Waals surface area contributed by atoms with Crippen LogP contribution in [-0.2, 0) is 11.3 Å². The zero-order valence-corrected chi connectivity index (χ0v) is 12.3. The number of methoxy groups -OCH3 is 1. The van der Waals surface area contributed by atoms with Crippen LogP contribution in [0.1, 0.15) is 26.7 Å². The minimum atomic E-state index is -0.361. The Morgan fingerprint density at radius 3 is 2.84 bits per heavy atom. The van der Waals surface area contributed by atoms with E-state index in [1.807, 2.05) is 13.8 Å². The van der Waals surface area contributed by atoms with Gasteiger partial charge in [-0.05, 0) is 32.6 Å². The lowest BCUT2D eigenvalue weighted by Gasteiger charge is -2.23. The van der Waals surface area contributed by atoms with Gasteiger partial charge in [-0.3, -0.25) is 4.79 Å². The Bertz CT molecular complexity index is 509. The molecule has 1 fully saturated rings. The van der Waals surface area contributed by atoms with Crippen molar-refractivity contribution in [3.05, 3.63) is 21.6 Å². The minimum absolute atomic E-state index is 0.161. The van der Waals surface area contributed by atoms with Crippen LogP contribution in [0.2, 0.25) is 5.02 Å². The fourth-order valence-corrected chi connectivity index (χ4v) is 1.87. The molecule has 1 aliphatic carbocycles. The maximum Gasteiger partial charge on any atom is 0.291 e. The highest BCUT2D eigenvalue weighted by Gasteiger charge is 2.24. The SMILES string of the molecule is COC(C)(C)CNc1c(Cl)cnn(CC2CC2)c1=O. The van der Waals surface area contributed by atoms with Crippen molar-refractivity contribution in [2.75, 3.05) is 19.0 Å². The molecule has 0 aliphatic heterocycles. The monoisotopic (exact) mass is 285 g/mol. The van der Waals surface area contributed by atoms with Crippen LogP contribution < -0.4 is 10.9 Å². The molecular weight excluding hydrogens is 266 g/mol. The molecule has 1 aromatic heterocycles. The fourth-order valence-electron chi connectivity index (χ4n) is 1.68. The van der Waals surface area contributed by atoms with Crippen molar-refractivity contribution in [1.29, 1.82) is 0 Å². The summed E-state index contributed by atoms with van der Waals surface area (Å²) in [5.74, 6) is 0.592. The van der Waals surface area contributed by atoms with Gasteiger partial charge in [0.15, 0.2) is 0 Å². The summed E-state index contributed by atoms with van der Waals surface area (Å²) in [6.45, 7) is 5.07. The van der Waals surface area contributed by atoms with Crippen molar-refractivity contribution in [1.82, 2.24) is 9.78 Å². The Kier molecular flexibility index (Phi) is 4.16. The van der Waals surface area contributed by atoms with Crippen LogP contribution in [0.4, 0.5) is 5.69 Å². The van der Waals surface area contributed by atoms with Gasteiger partial charge >= 0.3 is 0 Å². The Morgan fingerprint density at radius 1 is 1.58 bits per heavy atom. The third-order valence-corrected chi connectivity index (χ3v) is 3.66. The number of ether oxygens (including phenoxy) is 1. The van der Waals surface area contributed by atoms with Crippen molar-refractivity contribution in [2.45, 2.75) is 38.8 Å².